The van der Waals surface area contributed by atoms with Gasteiger partial charge < -0.3 is 20.1 Å². The highest BCUT2D eigenvalue weighted by molar-refractivity contribution is 5.92. The summed E-state index contributed by atoms with van der Waals surface area (Å²) in [5.41, 5.74) is -1.20. The average Bonchev–Trinajstić information content (AvgIpc) is 2.65. The molecule has 0 spiro atoms. The summed E-state index contributed by atoms with van der Waals surface area (Å²) in [6.45, 7) is 12.2. The fourth-order valence-electron chi connectivity index (χ4n) is 2.65. The molecule has 0 aliphatic heterocycles. The van der Waals surface area contributed by atoms with Crippen molar-refractivity contribution in [2.45, 2.75) is 58.2 Å². The molecule has 0 radical (unpaired) electrons. The van der Waals surface area contributed by atoms with Gasteiger partial charge in [0, 0.05) is 12.3 Å². The minimum absolute atomic E-state index is 0.228. The van der Waals surface area contributed by atoms with E-state index >= 15 is 0 Å². The van der Waals surface area contributed by atoms with E-state index in [1.54, 1.807) is 40.7 Å². The van der Waals surface area contributed by atoms with Gasteiger partial charge in [-0.25, -0.2) is 9.59 Å². The standard InChI is InChI=1S/C22H32N2O5/c1-8-15(2)22(6,19(26)28-7)24-18(25)17(14-16-12-10-9-11-13-16)23-20(27)29-21(3,4)5/h8-13,15,17H,1,14H2,2-7H3,(H,23,27)(H,24,25)/t15?,17-,22?/m1/s1. The summed E-state index contributed by atoms with van der Waals surface area (Å²) >= 11 is 0. The molecular weight excluding hydrogens is 372 g/mol. The van der Waals surface area contributed by atoms with E-state index in [1.807, 2.05) is 30.3 Å². The van der Waals surface area contributed by atoms with Crippen molar-refractivity contribution in [3.8, 4) is 0 Å². The first-order valence-electron chi connectivity index (χ1n) is 9.49. The molecule has 2 N–H and O–H groups in total. The molecular formula is C22H32N2O5. The van der Waals surface area contributed by atoms with Gasteiger partial charge in [0.05, 0.1) is 7.11 Å². The number of carbonyl (C=O) groups excluding carboxylic acids is 3. The summed E-state index contributed by atoms with van der Waals surface area (Å²) in [4.78, 5) is 37.7. The second kappa shape index (κ2) is 10.1. The lowest BCUT2D eigenvalue weighted by Gasteiger charge is -2.34. The smallest absolute Gasteiger partial charge is 0.408 e. The minimum atomic E-state index is -1.34. The third kappa shape index (κ3) is 7.25. The van der Waals surface area contributed by atoms with Crippen molar-refractivity contribution in [3.63, 3.8) is 0 Å². The van der Waals surface area contributed by atoms with Gasteiger partial charge in [-0.15, -0.1) is 6.58 Å². The van der Waals surface area contributed by atoms with Crippen LogP contribution < -0.4 is 10.6 Å². The molecule has 7 heteroatoms. The van der Waals surface area contributed by atoms with E-state index in [1.165, 1.54) is 7.11 Å². The monoisotopic (exact) mass is 404 g/mol. The van der Waals surface area contributed by atoms with Gasteiger partial charge in [-0.2, -0.15) is 0 Å². The number of hydrogen-bond donors (Lipinski definition) is 2. The van der Waals surface area contributed by atoms with Crippen molar-refractivity contribution in [1.29, 1.82) is 0 Å². The molecule has 0 bridgehead atoms. The second-order valence-electron chi connectivity index (χ2n) is 8.10. The summed E-state index contributed by atoms with van der Waals surface area (Å²) in [6.07, 6.45) is 1.07. The highest BCUT2D eigenvalue weighted by Crippen LogP contribution is 2.20. The topological polar surface area (TPSA) is 93.7 Å². The number of hydrogen-bond acceptors (Lipinski definition) is 5. The molecule has 1 aromatic rings. The third-order valence-electron chi connectivity index (χ3n) is 4.55. The Morgan fingerprint density at radius 2 is 1.72 bits per heavy atom. The van der Waals surface area contributed by atoms with Crippen LogP contribution in [0, 0.1) is 5.92 Å². The van der Waals surface area contributed by atoms with Crippen LogP contribution in [0.15, 0.2) is 43.0 Å². The number of alkyl carbamates (subject to hydrolysis) is 1. The van der Waals surface area contributed by atoms with Gasteiger partial charge in [-0.05, 0) is 33.3 Å². The Bertz CT molecular complexity index is 726. The molecule has 2 unspecified atom stereocenters. The van der Waals surface area contributed by atoms with Crippen molar-refractivity contribution in [1.82, 2.24) is 10.6 Å². The van der Waals surface area contributed by atoms with E-state index in [9.17, 15) is 14.4 Å². The predicted molar refractivity (Wildman–Crippen MR) is 111 cm³/mol. The first-order valence-corrected chi connectivity index (χ1v) is 9.49. The van der Waals surface area contributed by atoms with E-state index < -0.39 is 41.1 Å². The molecule has 1 aromatic carbocycles. The maximum absolute atomic E-state index is 13.1. The molecule has 0 fully saturated rings. The van der Waals surface area contributed by atoms with E-state index in [4.69, 9.17) is 9.47 Å². The van der Waals surface area contributed by atoms with Gasteiger partial charge in [0.2, 0.25) is 5.91 Å². The van der Waals surface area contributed by atoms with Crippen LogP contribution in [0.3, 0.4) is 0 Å². The SMILES string of the molecule is C=CC(C)C(C)(NC(=O)[C@@H](Cc1ccccc1)NC(=O)OC(C)(C)C)C(=O)OC. The predicted octanol–water partition coefficient (Wildman–Crippen LogP) is 2.99. The molecule has 0 saturated heterocycles. The number of benzene rings is 1. The quantitative estimate of drug-likeness (QED) is 0.513. The van der Waals surface area contributed by atoms with Crippen molar-refractivity contribution in [2.75, 3.05) is 7.11 Å². The molecule has 0 aliphatic rings. The lowest BCUT2D eigenvalue weighted by atomic mass is 9.86. The number of amides is 2. The van der Waals surface area contributed by atoms with Gasteiger partial charge in [0.25, 0.3) is 0 Å². The normalized spacial score (nSPS) is 15.2. The van der Waals surface area contributed by atoms with Crippen molar-refractivity contribution >= 4 is 18.0 Å². The number of methoxy groups -OCH3 is 1. The Balaban J connectivity index is 3.12. The zero-order valence-electron chi connectivity index (χ0n) is 18.1. The maximum Gasteiger partial charge on any atom is 0.408 e. The Labute approximate surface area is 172 Å². The summed E-state index contributed by atoms with van der Waals surface area (Å²) in [5.74, 6) is -1.53. The first-order chi connectivity index (χ1) is 13.4. The Morgan fingerprint density at radius 1 is 1.14 bits per heavy atom. The van der Waals surface area contributed by atoms with Gasteiger partial charge in [0.1, 0.15) is 17.2 Å². The largest absolute Gasteiger partial charge is 0.467 e. The molecule has 160 valence electrons. The molecule has 1 rings (SSSR count). The van der Waals surface area contributed by atoms with Crippen LogP contribution in [0.5, 0.6) is 0 Å². The van der Waals surface area contributed by atoms with E-state index in [0.29, 0.717) is 0 Å². The van der Waals surface area contributed by atoms with Gasteiger partial charge >= 0.3 is 12.1 Å². The first kappa shape index (κ1) is 24.2. The Morgan fingerprint density at radius 3 is 2.21 bits per heavy atom. The summed E-state index contributed by atoms with van der Waals surface area (Å²) in [7, 11) is 1.25. The number of esters is 1. The fourth-order valence-corrected chi connectivity index (χ4v) is 2.65. The Hall–Kier alpha value is -2.83. The summed E-state index contributed by atoms with van der Waals surface area (Å²) in [6, 6.07) is 8.30. The molecule has 0 saturated carbocycles. The lowest BCUT2D eigenvalue weighted by Crippen LogP contribution is -2.61. The van der Waals surface area contributed by atoms with Crippen LogP contribution in [-0.4, -0.2) is 42.3 Å². The zero-order valence-corrected chi connectivity index (χ0v) is 18.1. The van der Waals surface area contributed by atoms with Crippen LogP contribution in [0.2, 0.25) is 0 Å². The van der Waals surface area contributed by atoms with Crippen LogP contribution >= 0.6 is 0 Å². The fraction of sp³-hybridized carbons (Fsp3) is 0.500. The number of nitrogens with one attached hydrogen (secondary N) is 2. The highest BCUT2D eigenvalue weighted by Gasteiger charge is 2.41. The van der Waals surface area contributed by atoms with E-state index in [2.05, 4.69) is 17.2 Å². The number of ether oxygens (including phenoxy) is 2. The van der Waals surface area contributed by atoms with Crippen LogP contribution in [0.1, 0.15) is 40.2 Å². The Kier molecular flexibility index (Phi) is 8.42. The molecule has 29 heavy (non-hydrogen) atoms. The van der Waals surface area contributed by atoms with Crippen molar-refractivity contribution < 1.29 is 23.9 Å². The highest BCUT2D eigenvalue weighted by atomic mass is 16.6. The van der Waals surface area contributed by atoms with Crippen molar-refractivity contribution in [2.24, 2.45) is 5.92 Å². The maximum atomic E-state index is 13.1. The van der Waals surface area contributed by atoms with E-state index in [0.717, 1.165) is 5.56 Å². The lowest BCUT2D eigenvalue weighted by molar-refractivity contribution is -0.152. The molecule has 3 atom stereocenters. The molecule has 0 aliphatic carbocycles. The van der Waals surface area contributed by atoms with E-state index in [-0.39, 0.29) is 6.42 Å². The third-order valence-corrected chi connectivity index (χ3v) is 4.55. The second-order valence-corrected chi connectivity index (χ2v) is 8.10. The van der Waals surface area contributed by atoms with Crippen molar-refractivity contribution in [3.05, 3.63) is 48.6 Å². The minimum Gasteiger partial charge on any atom is -0.467 e. The number of rotatable bonds is 8. The molecule has 2 amide bonds. The van der Waals surface area contributed by atoms with Gasteiger partial charge in [-0.3, -0.25) is 4.79 Å². The average molecular weight is 405 g/mol. The van der Waals surface area contributed by atoms with Gasteiger partial charge in [-0.1, -0.05) is 43.3 Å². The molecule has 0 heterocycles. The molecule has 7 nitrogen and oxygen atoms in total. The summed E-state index contributed by atoms with van der Waals surface area (Å²) < 4.78 is 10.2. The number of carbonyl (C=O) groups is 3. The summed E-state index contributed by atoms with van der Waals surface area (Å²) in [5, 5.41) is 5.34. The van der Waals surface area contributed by atoms with Crippen LogP contribution in [-0.2, 0) is 25.5 Å². The molecule has 0 aromatic heterocycles. The zero-order chi connectivity index (χ0) is 22.2. The van der Waals surface area contributed by atoms with Crippen LogP contribution in [0.4, 0.5) is 4.79 Å². The van der Waals surface area contributed by atoms with Gasteiger partial charge in [0.15, 0.2) is 0 Å². The van der Waals surface area contributed by atoms with Crippen LogP contribution in [0.25, 0.3) is 0 Å².